The molecule has 0 radical (unpaired) electrons. The Hall–Kier alpha value is -1.73. The summed E-state index contributed by atoms with van der Waals surface area (Å²) in [5.41, 5.74) is 1.17. The molecule has 1 aromatic rings. The summed E-state index contributed by atoms with van der Waals surface area (Å²) in [4.78, 5) is 0. The summed E-state index contributed by atoms with van der Waals surface area (Å²) < 4.78 is 0. The van der Waals surface area contributed by atoms with Crippen molar-refractivity contribution in [1.29, 1.82) is 5.26 Å². The molecule has 1 nitrogen and oxygen atoms in total. The lowest BCUT2D eigenvalue weighted by atomic mass is 9.98. The van der Waals surface area contributed by atoms with E-state index in [1.807, 2.05) is 30.3 Å². The summed E-state index contributed by atoms with van der Waals surface area (Å²) in [6.45, 7) is 0. The summed E-state index contributed by atoms with van der Waals surface area (Å²) in [5, 5.41) is 8.77. The van der Waals surface area contributed by atoms with Crippen molar-refractivity contribution in [2.24, 2.45) is 5.92 Å². The SMILES string of the molecule is C#CCC(C#N)Cc1ccccc1. The molecule has 13 heavy (non-hydrogen) atoms. The molecule has 0 bridgehead atoms. The molecule has 0 aliphatic rings. The smallest absolute Gasteiger partial charge is 0.0669 e. The summed E-state index contributed by atoms with van der Waals surface area (Å²) in [7, 11) is 0. The van der Waals surface area contributed by atoms with Crippen molar-refractivity contribution in [3.63, 3.8) is 0 Å². The highest BCUT2D eigenvalue weighted by molar-refractivity contribution is 5.17. The molecule has 64 valence electrons. The maximum absolute atomic E-state index is 8.77. The molecule has 0 amide bonds. The van der Waals surface area contributed by atoms with E-state index >= 15 is 0 Å². The number of rotatable bonds is 3. The Morgan fingerprint density at radius 3 is 2.54 bits per heavy atom. The van der Waals surface area contributed by atoms with E-state index in [1.54, 1.807) is 0 Å². The molecule has 0 aliphatic carbocycles. The zero-order chi connectivity index (χ0) is 9.52. The predicted octanol–water partition coefficient (Wildman–Crippen LogP) is 2.39. The first-order valence-electron chi connectivity index (χ1n) is 4.24. The van der Waals surface area contributed by atoms with Gasteiger partial charge in [0, 0.05) is 6.42 Å². The Bertz CT molecular complexity index is 326. The van der Waals surface area contributed by atoms with Crippen molar-refractivity contribution in [1.82, 2.24) is 0 Å². The van der Waals surface area contributed by atoms with Crippen LogP contribution in [0.25, 0.3) is 0 Å². The van der Waals surface area contributed by atoms with Crippen molar-refractivity contribution in [2.75, 3.05) is 0 Å². The van der Waals surface area contributed by atoms with Gasteiger partial charge in [0.15, 0.2) is 0 Å². The van der Waals surface area contributed by atoms with Crippen molar-refractivity contribution >= 4 is 0 Å². The number of nitriles is 1. The third-order valence-corrected chi connectivity index (χ3v) is 1.87. The second kappa shape index (κ2) is 5.01. The highest BCUT2D eigenvalue weighted by Gasteiger charge is 2.05. The maximum atomic E-state index is 8.77. The third-order valence-electron chi connectivity index (χ3n) is 1.87. The van der Waals surface area contributed by atoms with E-state index in [0.717, 1.165) is 6.42 Å². The lowest BCUT2D eigenvalue weighted by Gasteiger charge is -2.04. The minimum absolute atomic E-state index is 0.0487. The van der Waals surface area contributed by atoms with E-state index < -0.39 is 0 Å². The average Bonchev–Trinajstić information content (AvgIpc) is 2.19. The van der Waals surface area contributed by atoms with E-state index in [0.29, 0.717) is 6.42 Å². The fourth-order valence-corrected chi connectivity index (χ4v) is 1.20. The van der Waals surface area contributed by atoms with Crippen LogP contribution in [0.15, 0.2) is 30.3 Å². The van der Waals surface area contributed by atoms with Crippen LogP contribution in [-0.2, 0) is 6.42 Å². The summed E-state index contributed by atoms with van der Waals surface area (Å²) in [5.74, 6) is 2.47. The minimum Gasteiger partial charge on any atom is -0.198 e. The fraction of sp³-hybridized carbons (Fsp3) is 0.250. The minimum atomic E-state index is -0.0487. The largest absolute Gasteiger partial charge is 0.198 e. The highest BCUT2D eigenvalue weighted by atomic mass is 14.3. The van der Waals surface area contributed by atoms with Gasteiger partial charge in [0.2, 0.25) is 0 Å². The van der Waals surface area contributed by atoms with Crippen molar-refractivity contribution in [3.8, 4) is 18.4 Å². The van der Waals surface area contributed by atoms with Crippen LogP contribution in [-0.4, -0.2) is 0 Å². The molecule has 0 fully saturated rings. The van der Waals surface area contributed by atoms with Crippen LogP contribution in [0.2, 0.25) is 0 Å². The van der Waals surface area contributed by atoms with Crippen molar-refractivity contribution in [2.45, 2.75) is 12.8 Å². The van der Waals surface area contributed by atoms with E-state index in [1.165, 1.54) is 5.56 Å². The maximum Gasteiger partial charge on any atom is 0.0669 e. The van der Waals surface area contributed by atoms with Gasteiger partial charge in [-0.1, -0.05) is 30.3 Å². The number of hydrogen-bond acceptors (Lipinski definition) is 1. The molecule has 0 N–H and O–H groups in total. The monoisotopic (exact) mass is 169 g/mol. The number of hydrogen-bond donors (Lipinski definition) is 0. The number of terminal acetylenes is 1. The van der Waals surface area contributed by atoms with Gasteiger partial charge in [-0.2, -0.15) is 5.26 Å². The van der Waals surface area contributed by atoms with Crippen molar-refractivity contribution in [3.05, 3.63) is 35.9 Å². The molecule has 1 rings (SSSR count). The van der Waals surface area contributed by atoms with Gasteiger partial charge in [0.1, 0.15) is 0 Å². The number of benzene rings is 1. The van der Waals surface area contributed by atoms with E-state index in [-0.39, 0.29) is 5.92 Å². The Labute approximate surface area is 79.0 Å². The second-order valence-corrected chi connectivity index (χ2v) is 2.92. The highest BCUT2D eigenvalue weighted by Crippen LogP contribution is 2.10. The molecule has 0 heterocycles. The zero-order valence-corrected chi connectivity index (χ0v) is 7.40. The van der Waals surface area contributed by atoms with Crippen molar-refractivity contribution < 1.29 is 0 Å². The summed E-state index contributed by atoms with van der Waals surface area (Å²) in [6.07, 6.45) is 6.44. The van der Waals surface area contributed by atoms with Crippen LogP contribution in [0.5, 0.6) is 0 Å². The van der Waals surface area contributed by atoms with Crippen LogP contribution >= 0.6 is 0 Å². The first-order valence-corrected chi connectivity index (χ1v) is 4.24. The number of nitrogens with zero attached hydrogens (tertiary/aromatic N) is 1. The molecule has 0 spiro atoms. The van der Waals surface area contributed by atoms with Gasteiger partial charge in [0.25, 0.3) is 0 Å². The van der Waals surface area contributed by atoms with Gasteiger partial charge >= 0.3 is 0 Å². The van der Waals surface area contributed by atoms with Gasteiger partial charge in [-0.05, 0) is 12.0 Å². The van der Waals surface area contributed by atoms with Gasteiger partial charge in [-0.25, -0.2) is 0 Å². The van der Waals surface area contributed by atoms with Crippen LogP contribution < -0.4 is 0 Å². The van der Waals surface area contributed by atoms with Crippen LogP contribution in [0.1, 0.15) is 12.0 Å². The quantitative estimate of drug-likeness (QED) is 0.637. The molecule has 0 aliphatic heterocycles. The lowest BCUT2D eigenvalue weighted by molar-refractivity contribution is 0.685. The first-order chi connectivity index (χ1) is 6.36. The topological polar surface area (TPSA) is 23.8 Å². The standard InChI is InChI=1S/C12H11N/c1-2-6-12(10-13)9-11-7-4-3-5-8-11/h1,3-5,7-8,12H,6,9H2. The molecule has 1 heteroatoms. The summed E-state index contributed by atoms with van der Waals surface area (Å²) in [6, 6.07) is 12.1. The molecule has 0 saturated heterocycles. The van der Waals surface area contributed by atoms with Gasteiger partial charge in [-0.15, -0.1) is 12.3 Å². The molecule has 0 saturated carbocycles. The zero-order valence-electron chi connectivity index (χ0n) is 7.40. The lowest BCUT2D eigenvalue weighted by Crippen LogP contribution is -2.00. The molecule has 0 aromatic heterocycles. The fourth-order valence-electron chi connectivity index (χ4n) is 1.20. The average molecular weight is 169 g/mol. The molecular weight excluding hydrogens is 158 g/mol. The molecule has 1 aromatic carbocycles. The second-order valence-electron chi connectivity index (χ2n) is 2.92. The molecular formula is C12H11N. The Morgan fingerprint density at radius 2 is 2.00 bits per heavy atom. The van der Waals surface area contributed by atoms with Gasteiger partial charge < -0.3 is 0 Å². The Balaban J connectivity index is 2.59. The Morgan fingerprint density at radius 1 is 1.31 bits per heavy atom. The molecule has 1 atom stereocenters. The van der Waals surface area contributed by atoms with E-state index in [9.17, 15) is 0 Å². The third kappa shape index (κ3) is 3.01. The molecule has 1 unspecified atom stereocenters. The van der Waals surface area contributed by atoms with E-state index in [2.05, 4.69) is 12.0 Å². The normalized spacial score (nSPS) is 11.2. The van der Waals surface area contributed by atoms with Crippen LogP contribution in [0.4, 0.5) is 0 Å². The predicted molar refractivity (Wildman–Crippen MR) is 52.7 cm³/mol. The van der Waals surface area contributed by atoms with Crippen LogP contribution in [0.3, 0.4) is 0 Å². The van der Waals surface area contributed by atoms with Gasteiger partial charge in [-0.3, -0.25) is 0 Å². The van der Waals surface area contributed by atoms with Gasteiger partial charge in [0.05, 0.1) is 12.0 Å². The van der Waals surface area contributed by atoms with E-state index in [4.69, 9.17) is 11.7 Å². The van der Waals surface area contributed by atoms with Crippen LogP contribution in [0, 0.1) is 29.6 Å². The first kappa shape index (κ1) is 9.36. The Kier molecular flexibility index (Phi) is 3.61. The summed E-state index contributed by atoms with van der Waals surface area (Å²) >= 11 is 0.